The molecule has 0 aliphatic heterocycles. The van der Waals surface area contributed by atoms with Gasteiger partial charge in [-0.2, -0.15) is 0 Å². The van der Waals surface area contributed by atoms with Crippen molar-refractivity contribution in [3.05, 3.63) is 70.7 Å². The summed E-state index contributed by atoms with van der Waals surface area (Å²) >= 11 is 0. The SMILES string of the molecule is CC(C)C(=O)NC1CCc2c(c3cc(C=O)ccc3n2Cc2cccc(F)c2)C1. The minimum atomic E-state index is -0.243. The third-order valence-corrected chi connectivity index (χ3v) is 5.73. The van der Waals surface area contributed by atoms with Gasteiger partial charge in [0.2, 0.25) is 5.91 Å². The van der Waals surface area contributed by atoms with E-state index in [1.54, 1.807) is 12.1 Å². The number of nitrogens with zero attached hydrogens (tertiary/aromatic N) is 1. The molecule has 1 unspecified atom stereocenters. The van der Waals surface area contributed by atoms with Gasteiger partial charge in [0.15, 0.2) is 0 Å². The molecule has 1 aliphatic carbocycles. The number of amides is 1. The summed E-state index contributed by atoms with van der Waals surface area (Å²) < 4.78 is 15.9. The average Bonchev–Trinajstić information content (AvgIpc) is 3.00. The molecule has 0 radical (unpaired) electrons. The highest BCUT2D eigenvalue weighted by molar-refractivity contribution is 5.91. The molecule has 5 heteroatoms. The van der Waals surface area contributed by atoms with Crippen molar-refractivity contribution >= 4 is 23.1 Å². The lowest BCUT2D eigenvalue weighted by molar-refractivity contribution is -0.124. The molecule has 1 atom stereocenters. The second kappa shape index (κ2) is 7.82. The van der Waals surface area contributed by atoms with Gasteiger partial charge in [-0.05, 0) is 60.7 Å². The van der Waals surface area contributed by atoms with E-state index in [4.69, 9.17) is 0 Å². The monoisotopic (exact) mass is 392 g/mol. The van der Waals surface area contributed by atoms with Crippen LogP contribution >= 0.6 is 0 Å². The number of rotatable bonds is 5. The summed E-state index contributed by atoms with van der Waals surface area (Å²) in [6.45, 7) is 4.36. The quantitative estimate of drug-likeness (QED) is 0.659. The van der Waals surface area contributed by atoms with Gasteiger partial charge in [-0.3, -0.25) is 9.59 Å². The predicted molar refractivity (Wildman–Crippen MR) is 112 cm³/mol. The number of carbonyl (C=O) groups excluding carboxylic acids is 2. The lowest BCUT2D eigenvalue weighted by Crippen LogP contribution is -2.41. The molecule has 3 aromatic rings. The fourth-order valence-electron chi connectivity index (χ4n) is 4.23. The highest BCUT2D eigenvalue weighted by Crippen LogP contribution is 2.33. The number of aromatic nitrogens is 1. The Balaban J connectivity index is 1.76. The van der Waals surface area contributed by atoms with Crippen molar-refractivity contribution in [3.8, 4) is 0 Å². The molecular formula is C24H25FN2O2. The zero-order valence-corrected chi connectivity index (χ0v) is 16.7. The van der Waals surface area contributed by atoms with E-state index in [1.165, 1.54) is 17.3 Å². The van der Waals surface area contributed by atoms with Crippen molar-refractivity contribution in [2.45, 2.75) is 45.7 Å². The van der Waals surface area contributed by atoms with Gasteiger partial charge in [-0.25, -0.2) is 4.39 Å². The maximum absolute atomic E-state index is 13.7. The first-order chi connectivity index (χ1) is 14.0. The average molecular weight is 392 g/mol. The Bertz CT molecular complexity index is 1080. The maximum Gasteiger partial charge on any atom is 0.222 e. The standard InChI is InChI=1S/C24H25FN2O2/c1-15(2)24(29)26-19-7-9-23-21(12-19)20-11-17(14-28)6-8-22(20)27(23)13-16-4-3-5-18(25)10-16/h3-6,8,10-11,14-15,19H,7,9,12-13H2,1-2H3,(H,26,29). The van der Waals surface area contributed by atoms with Crippen LogP contribution in [0.3, 0.4) is 0 Å². The van der Waals surface area contributed by atoms with Gasteiger partial charge in [-0.1, -0.05) is 26.0 Å². The lowest BCUT2D eigenvalue weighted by atomic mass is 9.90. The molecule has 4 rings (SSSR count). The van der Waals surface area contributed by atoms with Gasteiger partial charge in [0.05, 0.1) is 0 Å². The second-order valence-electron chi connectivity index (χ2n) is 8.14. The van der Waals surface area contributed by atoms with Crippen molar-refractivity contribution in [3.63, 3.8) is 0 Å². The number of fused-ring (bicyclic) bond motifs is 3. The fourth-order valence-corrected chi connectivity index (χ4v) is 4.23. The normalized spacial score (nSPS) is 16.1. The molecule has 2 aromatic carbocycles. The first kappa shape index (κ1) is 19.4. The van der Waals surface area contributed by atoms with Gasteiger partial charge in [0.25, 0.3) is 0 Å². The number of hydrogen-bond donors (Lipinski definition) is 1. The van der Waals surface area contributed by atoms with Crippen LogP contribution in [0.5, 0.6) is 0 Å². The Labute approximate surface area is 169 Å². The van der Waals surface area contributed by atoms with Crippen LogP contribution in [0.15, 0.2) is 42.5 Å². The topological polar surface area (TPSA) is 51.1 Å². The maximum atomic E-state index is 13.7. The van der Waals surface area contributed by atoms with Crippen LogP contribution in [0.2, 0.25) is 0 Å². The fraction of sp³-hybridized carbons (Fsp3) is 0.333. The molecule has 0 bridgehead atoms. The van der Waals surface area contributed by atoms with Crippen molar-refractivity contribution in [2.24, 2.45) is 5.92 Å². The van der Waals surface area contributed by atoms with E-state index in [-0.39, 0.29) is 23.7 Å². The van der Waals surface area contributed by atoms with Crippen LogP contribution in [0.4, 0.5) is 4.39 Å². The summed E-state index contributed by atoms with van der Waals surface area (Å²) in [6, 6.07) is 12.5. The lowest BCUT2D eigenvalue weighted by Gasteiger charge is -2.26. The first-order valence-electron chi connectivity index (χ1n) is 10.1. The van der Waals surface area contributed by atoms with Gasteiger partial charge in [0, 0.05) is 40.7 Å². The Kier molecular flexibility index (Phi) is 5.22. The molecular weight excluding hydrogens is 367 g/mol. The third kappa shape index (κ3) is 3.82. The van der Waals surface area contributed by atoms with Gasteiger partial charge < -0.3 is 9.88 Å². The Morgan fingerprint density at radius 3 is 2.83 bits per heavy atom. The van der Waals surface area contributed by atoms with E-state index < -0.39 is 0 Å². The largest absolute Gasteiger partial charge is 0.353 e. The molecule has 0 saturated heterocycles. The van der Waals surface area contributed by atoms with Crippen LogP contribution in [0, 0.1) is 11.7 Å². The molecule has 0 fully saturated rings. The smallest absolute Gasteiger partial charge is 0.222 e. The number of halogens is 1. The highest BCUT2D eigenvalue weighted by Gasteiger charge is 2.27. The van der Waals surface area contributed by atoms with E-state index in [9.17, 15) is 14.0 Å². The van der Waals surface area contributed by atoms with Crippen LogP contribution in [-0.2, 0) is 24.2 Å². The van der Waals surface area contributed by atoms with E-state index in [1.807, 2.05) is 38.1 Å². The zero-order valence-electron chi connectivity index (χ0n) is 16.7. The van der Waals surface area contributed by atoms with Crippen molar-refractivity contribution < 1.29 is 14.0 Å². The van der Waals surface area contributed by atoms with Crippen molar-refractivity contribution in [2.75, 3.05) is 0 Å². The summed E-state index contributed by atoms with van der Waals surface area (Å²) in [6.07, 6.45) is 3.30. The van der Waals surface area contributed by atoms with Gasteiger partial charge in [-0.15, -0.1) is 0 Å². The van der Waals surface area contributed by atoms with E-state index in [0.29, 0.717) is 12.1 Å². The minimum absolute atomic E-state index is 0.0487. The summed E-state index contributed by atoms with van der Waals surface area (Å²) in [4.78, 5) is 23.5. The summed E-state index contributed by atoms with van der Waals surface area (Å²) in [5.41, 5.74) is 4.97. The number of aldehydes is 1. The Morgan fingerprint density at radius 2 is 2.10 bits per heavy atom. The molecule has 150 valence electrons. The number of carbonyl (C=O) groups is 2. The third-order valence-electron chi connectivity index (χ3n) is 5.73. The first-order valence-corrected chi connectivity index (χ1v) is 10.1. The van der Waals surface area contributed by atoms with Crippen LogP contribution < -0.4 is 5.32 Å². The summed E-state index contributed by atoms with van der Waals surface area (Å²) in [5, 5.41) is 4.20. The Morgan fingerprint density at radius 1 is 1.28 bits per heavy atom. The molecule has 1 amide bonds. The van der Waals surface area contributed by atoms with Crippen LogP contribution in [-0.4, -0.2) is 22.8 Å². The Hall–Kier alpha value is -2.95. The summed E-state index contributed by atoms with van der Waals surface area (Å²) in [7, 11) is 0. The van der Waals surface area contributed by atoms with E-state index in [0.717, 1.165) is 42.0 Å². The van der Waals surface area contributed by atoms with E-state index >= 15 is 0 Å². The van der Waals surface area contributed by atoms with Gasteiger partial charge >= 0.3 is 0 Å². The van der Waals surface area contributed by atoms with Crippen LogP contribution in [0.25, 0.3) is 10.9 Å². The molecule has 1 heterocycles. The highest BCUT2D eigenvalue weighted by atomic mass is 19.1. The number of nitrogens with one attached hydrogen (secondary N) is 1. The van der Waals surface area contributed by atoms with Crippen LogP contribution in [0.1, 0.15) is 47.4 Å². The molecule has 4 nitrogen and oxygen atoms in total. The predicted octanol–water partition coefficient (Wildman–Crippen LogP) is 4.27. The summed E-state index contributed by atoms with van der Waals surface area (Å²) in [5.74, 6) is -0.226. The molecule has 0 saturated carbocycles. The molecule has 1 aromatic heterocycles. The van der Waals surface area contributed by atoms with Crippen molar-refractivity contribution in [1.82, 2.24) is 9.88 Å². The molecule has 29 heavy (non-hydrogen) atoms. The second-order valence-corrected chi connectivity index (χ2v) is 8.14. The molecule has 0 spiro atoms. The zero-order chi connectivity index (χ0) is 20.5. The minimum Gasteiger partial charge on any atom is -0.353 e. The molecule has 1 aliphatic rings. The molecule has 1 N–H and O–H groups in total. The number of benzene rings is 2. The van der Waals surface area contributed by atoms with E-state index in [2.05, 4.69) is 9.88 Å². The van der Waals surface area contributed by atoms with Crippen molar-refractivity contribution in [1.29, 1.82) is 0 Å². The number of hydrogen-bond acceptors (Lipinski definition) is 2. The van der Waals surface area contributed by atoms with Gasteiger partial charge in [0.1, 0.15) is 12.1 Å².